The lowest BCUT2D eigenvalue weighted by Crippen LogP contribution is -1.88. The standard InChI is InChI=1S/C24H14.C22H14.C20H12.C18H12/c1-2-10-18-16(6-1)14-17-9-5-12-20-19-11-3-7-15-8-4-13-21(22(15)19)24(18)23(17)20;1-2-6-16-10-20-14-22-12-18-8-4-3-7-17(18)11-21(22)13-19(20)9-15(16)5-1;1-2-7-17-15(4-1)12-16-9-8-13-5-3-6-14-10-11-18(17)20(16)19(13)14;1-2-6-14-10-18-12-16-8-4-3-7-15(16)11-17(18)9-13(14)5-1/h1-14H;1-14H;1-12H;1-12H. The fourth-order valence-corrected chi connectivity index (χ4v) is 13.9. The predicted octanol–water partition coefficient (Wildman–Crippen LogP) is 24.1. The summed E-state index contributed by atoms with van der Waals surface area (Å²) in [5, 5.41) is 42.7. The second kappa shape index (κ2) is 19.4. The van der Waals surface area contributed by atoms with E-state index in [0.717, 1.165) is 0 Å². The first-order valence-corrected chi connectivity index (χ1v) is 29.2. The predicted molar refractivity (Wildman–Crippen MR) is 368 cm³/mol. The van der Waals surface area contributed by atoms with E-state index in [2.05, 4.69) is 315 Å². The van der Waals surface area contributed by atoms with Crippen molar-refractivity contribution in [2.24, 2.45) is 0 Å². The van der Waals surface area contributed by atoms with Gasteiger partial charge in [-0.25, -0.2) is 0 Å². The molecule has 0 N–H and O–H groups in total. The number of rotatable bonds is 0. The Labute approximate surface area is 484 Å². The summed E-state index contributed by atoms with van der Waals surface area (Å²) >= 11 is 0. The van der Waals surface area contributed by atoms with Crippen LogP contribution in [0.2, 0.25) is 0 Å². The number of fused-ring (bicyclic) bond motifs is 13. The molecular formula is C84H52. The van der Waals surface area contributed by atoms with E-state index < -0.39 is 0 Å². The molecule has 0 heteroatoms. The van der Waals surface area contributed by atoms with E-state index in [1.807, 2.05) is 0 Å². The molecular weight excluding hydrogens is 1010 g/mol. The van der Waals surface area contributed by atoms with Crippen LogP contribution in [0.4, 0.5) is 0 Å². The van der Waals surface area contributed by atoms with Crippen molar-refractivity contribution < 1.29 is 0 Å². The highest BCUT2D eigenvalue weighted by molar-refractivity contribution is 6.38. The molecule has 388 valence electrons. The van der Waals surface area contributed by atoms with Crippen LogP contribution in [0.15, 0.2) is 315 Å². The minimum atomic E-state index is 1.30. The van der Waals surface area contributed by atoms with Gasteiger partial charge in [-0.2, -0.15) is 0 Å². The second-order valence-electron chi connectivity index (χ2n) is 22.7. The molecule has 0 unspecified atom stereocenters. The van der Waals surface area contributed by atoms with Gasteiger partial charge < -0.3 is 0 Å². The fraction of sp³-hybridized carbons (Fsp3) is 0. The Kier molecular flexibility index (Phi) is 11.0. The molecule has 0 fully saturated rings. The van der Waals surface area contributed by atoms with Crippen LogP contribution in [0.3, 0.4) is 0 Å². The summed E-state index contributed by atoms with van der Waals surface area (Å²) in [6.07, 6.45) is 0. The lowest BCUT2D eigenvalue weighted by molar-refractivity contribution is 1.77. The van der Waals surface area contributed by atoms with Crippen LogP contribution in [0, 0.1) is 0 Å². The van der Waals surface area contributed by atoms with Gasteiger partial charge >= 0.3 is 0 Å². The van der Waals surface area contributed by atoms with Crippen molar-refractivity contribution in [1.82, 2.24) is 0 Å². The van der Waals surface area contributed by atoms with Crippen LogP contribution < -0.4 is 0 Å². The molecule has 0 nitrogen and oxygen atoms in total. The highest BCUT2D eigenvalue weighted by Crippen LogP contribution is 2.44. The SMILES string of the molecule is c1ccc2c(c1)cc1ccc3cccc4ccc2c1c34.c1ccc2c(c1)cc1cccc3c4cccc5cccc(c54)c2c13.c1ccc2cc3cc4cc5ccccc5cc4cc3cc2c1.c1ccc2cc3cc4ccccc4cc3cc2c1. The van der Waals surface area contributed by atoms with Crippen molar-refractivity contribution in [3.63, 3.8) is 0 Å². The van der Waals surface area contributed by atoms with Gasteiger partial charge in [0.25, 0.3) is 0 Å². The third-order valence-corrected chi connectivity index (χ3v) is 17.8. The molecule has 0 heterocycles. The highest BCUT2D eigenvalue weighted by atomic mass is 14.2. The van der Waals surface area contributed by atoms with Gasteiger partial charge in [-0.15, -0.1) is 0 Å². The molecule has 84 heavy (non-hydrogen) atoms. The number of hydrogen-bond acceptors (Lipinski definition) is 0. The Morgan fingerprint density at radius 1 is 0.0952 bits per heavy atom. The van der Waals surface area contributed by atoms with Crippen LogP contribution in [-0.2, 0) is 0 Å². The topological polar surface area (TPSA) is 0 Å². The molecule has 0 saturated heterocycles. The minimum Gasteiger partial charge on any atom is -0.0616 e. The van der Waals surface area contributed by atoms with E-state index in [4.69, 9.17) is 0 Å². The monoisotopic (exact) mass is 1060 g/mol. The minimum absolute atomic E-state index is 1.30. The first-order chi connectivity index (χ1) is 41.6. The average molecular weight is 1060 g/mol. The van der Waals surface area contributed by atoms with Crippen molar-refractivity contribution in [2.75, 3.05) is 0 Å². The van der Waals surface area contributed by atoms with Crippen LogP contribution >= 0.6 is 0 Å². The van der Waals surface area contributed by atoms with Gasteiger partial charge in [-0.05, 0) is 245 Å². The molecule has 20 rings (SSSR count). The number of benzene rings is 20. The van der Waals surface area contributed by atoms with E-state index >= 15 is 0 Å². The summed E-state index contributed by atoms with van der Waals surface area (Å²) in [7, 11) is 0. The molecule has 0 aliphatic heterocycles. The summed E-state index contributed by atoms with van der Waals surface area (Å²) in [6.45, 7) is 0. The van der Waals surface area contributed by atoms with Gasteiger partial charge in [0.1, 0.15) is 0 Å². The maximum Gasteiger partial charge on any atom is -0.00141 e. The fourth-order valence-electron chi connectivity index (χ4n) is 13.9. The maximum atomic E-state index is 2.33. The molecule has 0 aliphatic rings. The summed E-state index contributed by atoms with van der Waals surface area (Å²) < 4.78 is 0. The summed E-state index contributed by atoms with van der Waals surface area (Å²) in [6, 6.07) is 115. The van der Waals surface area contributed by atoms with E-state index in [1.54, 1.807) is 0 Å². The molecule has 0 aromatic heterocycles. The maximum absolute atomic E-state index is 2.33. The first kappa shape index (κ1) is 47.8. The van der Waals surface area contributed by atoms with Crippen LogP contribution in [0.5, 0.6) is 0 Å². The molecule has 0 spiro atoms. The van der Waals surface area contributed by atoms with Crippen LogP contribution in [0.25, 0.3) is 172 Å². The zero-order valence-electron chi connectivity index (χ0n) is 46.0. The molecule has 0 amide bonds. The Morgan fingerprint density at radius 3 is 0.786 bits per heavy atom. The highest BCUT2D eigenvalue weighted by Gasteiger charge is 2.16. The number of hydrogen-bond donors (Lipinski definition) is 0. The van der Waals surface area contributed by atoms with E-state index in [0.29, 0.717) is 0 Å². The Bertz CT molecular complexity index is 5640. The first-order valence-electron chi connectivity index (χ1n) is 29.2. The van der Waals surface area contributed by atoms with Crippen LogP contribution in [0.1, 0.15) is 0 Å². The Morgan fingerprint density at radius 2 is 0.333 bits per heavy atom. The van der Waals surface area contributed by atoms with Crippen molar-refractivity contribution in [3.8, 4) is 0 Å². The molecule has 20 aromatic carbocycles. The Hall–Kier alpha value is -10.9. The third kappa shape index (κ3) is 7.99. The lowest BCUT2D eigenvalue weighted by atomic mass is 9.87. The lowest BCUT2D eigenvalue weighted by Gasteiger charge is -2.16. The van der Waals surface area contributed by atoms with Gasteiger partial charge in [0.15, 0.2) is 0 Å². The van der Waals surface area contributed by atoms with Gasteiger partial charge in [-0.1, -0.05) is 243 Å². The summed E-state index contributed by atoms with van der Waals surface area (Å²) in [5.41, 5.74) is 0. The van der Waals surface area contributed by atoms with E-state index in [1.165, 1.54) is 172 Å². The van der Waals surface area contributed by atoms with Gasteiger partial charge in [0.05, 0.1) is 0 Å². The van der Waals surface area contributed by atoms with Crippen molar-refractivity contribution in [1.29, 1.82) is 0 Å². The van der Waals surface area contributed by atoms with Crippen molar-refractivity contribution in [3.05, 3.63) is 315 Å². The van der Waals surface area contributed by atoms with Crippen molar-refractivity contribution >= 4 is 172 Å². The van der Waals surface area contributed by atoms with Gasteiger partial charge in [-0.3, -0.25) is 0 Å². The zero-order valence-corrected chi connectivity index (χ0v) is 46.0. The second-order valence-corrected chi connectivity index (χ2v) is 22.7. The summed E-state index contributed by atoms with van der Waals surface area (Å²) in [4.78, 5) is 0. The van der Waals surface area contributed by atoms with Crippen molar-refractivity contribution in [2.45, 2.75) is 0 Å². The van der Waals surface area contributed by atoms with E-state index in [-0.39, 0.29) is 0 Å². The molecule has 20 aromatic rings. The third-order valence-electron chi connectivity index (χ3n) is 17.8. The molecule has 0 aliphatic carbocycles. The largest absolute Gasteiger partial charge is 0.0616 e. The Balaban J connectivity index is 0.0000000887. The van der Waals surface area contributed by atoms with E-state index in [9.17, 15) is 0 Å². The van der Waals surface area contributed by atoms with Gasteiger partial charge in [0.2, 0.25) is 0 Å². The smallest absolute Gasteiger partial charge is 0.00141 e. The van der Waals surface area contributed by atoms with Crippen LogP contribution in [-0.4, -0.2) is 0 Å². The quantitative estimate of drug-likeness (QED) is 0.105. The molecule has 0 bridgehead atoms. The van der Waals surface area contributed by atoms with Gasteiger partial charge in [0, 0.05) is 0 Å². The average Bonchev–Trinajstić information content (AvgIpc) is 1.19. The molecule has 0 atom stereocenters. The zero-order chi connectivity index (χ0) is 55.2. The normalized spacial score (nSPS) is 11.8. The summed E-state index contributed by atoms with van der Waals surface area (Å²) in [5.74, 6) is 0. The molecule has 0 radical (unpaired) electrons. The molecule has 0 saturated carbocycles.